The van der Waals surface area contributed by atoms with Gasteiger partial charge in [0.05, 0.1) is 37.4 Å². The van der Waals surface area contributed by atoms with E-state index in [4.69, 9.17) is 4.74 Å². The number of amides is 1. The van der Waals surface area contributed by atoms with Gasteiger partial charge in [0.25, 0.3) is 5.91 Å². The highest BCUT2D eigenvalue weighted by Gasteiger charge is 2.43. The van der Waals surface area contributed by atoms with E-state index in [1.165, 1.54) is 25.3 Å². The maximum absolute atomic E-state index is 14.4. The van der Waals surface area contributed by atoms with E-state index in [2.05, 4.69) is 5.10 Å². The summed E-state index contributed by atoms with van der Waals surface area (Å²) in [6.45, 7) is -1.56. The molecule has 14 heteroatoms. The SMILES string of the molecule is COc1cccc(O)c1C(=O)CN(Cc1cc(F)cc(F)c1)C(=O)c1cnn([C@H]2CC[C@H](C(=O)O)CC2)c1C(F)(F)F. The molecule has 1 saturated carbocycles. The highest BCUT2D eigenvalue weighted by atomic mass is 19.4. The molecule has 2 N–H and O–H groups in total. The number of carbonyl (C=O) groups is 3. The van der Waals surface area contributed by atoms with E-state index >= 15 is 0 Å². The zero-order chi connectivity index (χ0) is 30.8. The molecule has 1 aliphatic carbocycles. The number of ketones is 1. The Bertz CT molecular complexity index is 1480. The number of methoxy groups -OCH3 is 1. The second-order valence-corrected chi connectivity index (χ2v) is 9.91. The predicted molar refractivity (Wildman–Crippen MR) is 136 cm³/mol. The molecule has 0 atom stereocenters. The molecule has 3 aromatic rings. The van der Waals surface area contributed by atoms with Gasteiger partial charge in [-0.05, 0) is 55.5 Å². The fourth-order valence-corrected chi connectivity index (χ4v) is 5.16. The van der Waals surface area contributed by atoms with Gasteiger partial charge in [-0.15, -0.1) is 0 Å². The molecule has 0 spiro atoms. The van der Waals surface area contributed by atoms with Gasteiger partial charge in [-0.1, -0.05) is 6.07 Å². The van der Waals surface area contributed by atoms with Crippen LogP contribution in [0.15, 0.2) is 42.6 Å². The highest BCUT2D eigenvalue weighted by molar-refractivity contribution is 6.05. The number of carboxylic acids is 1. The van der Waals surface area contributed by atoms with Crippen LogP contribution in [0.3, 0.4) is 0 Å². The van der Waals surface area contributed by atoms with Gasteiger partial charge in [-0.25, -0.2) is 8.78 Å². The Labute approximate surface area is 236 Å². The van der Waals surface area contributed by atoms with Crippen molar-refractivity contribution in [1.29, 1.82) is 0 Å². The molecule has 0 aliphatic heterocycles. The third-order valence-corrected chi connectivity index (χ3v) is 7.11. The molecule has 0 radical (unpaired) electrons. The van der Waals surface area contributed by atoms with Crippen LogP contribution in [0.1, 0.15) is 63.7 Å². The summed E-state index contributed by atoms with van der Waals surface area (Å²) in [4.78, 5) is 38.9. The minimum absolute atomic E-state index is 0.0648. The average molecular weight is 596 g/mol. The molecule has 0 bridgehead atoms. The van der Waals surface area contributed by atoms with Gasteiger partial charge in [-0.3, -0.25) is 19.1 Å². The number of phenols is 1. The van der Waals surface area contributed by atoms with Crippen molar-refractivity contribution in [3.05, 3.63) is 76.6 Å². The molecule has 1 aliphatic rings. The largest absolute Gasteiger partial charge is 0.507 e. The van der Waals surface area contributed by atoms with E-state index in [-0.39, 0.29) is 42.6 Å². The number of halogens is 5. The molecule has 9 nitrogen and oxygen atoms in total. The van der Waals surface area contributed by atoms with Gasteiger partial charge >= 0.3 is 12.1 Å². The normalized spacial score (nSPS) is 17.1. The summed E-state index contributed by atoms with van der Waals surface area (Å²) in [6, 6.07) is 5.38. The number of rotatable bonds is 9. The van der Waals surface area contributed by atoms with Crippen LogP contribution in [0.2, 0.25) is 0 Å². The van der Waals surface area contributed by atoms with E-state index in [0.29, 0.717) is 21.8 Å². The van der Waals surface area contributed by atoms with Crippen LogP contribution in [-0.4, -0.2) is 56.2 Å². The first-order chi connectivity index (χ1) is 19.8. The Morgan fingerprint density at radius 3 is 2.29 bits per heavy atom. The van der Waals surface area contributed by atoms with Gasteiger partial charge < -0.3 is 19.8 Å². The van der Waals surface area contributed by atoms with Crippen LogP contribution in [-0.2, 0) is 17.5 Å². The molecule has 0 unspecified atom stereocenters. The van der Waals surface area contributed by atoms with E-state index < -0.39 is 77.5 Å². The lowest BCUT2D eigenvalue weighted by atomic mass is 9.86. The summed E-state index contributed by atoms with van der Waals surface area (Å²) in [5.41, 5.74) is -2.79. The molecule has 1 aromatic heterocycles. The first-order valence-electron chi connectivity index (χ1n) is 12.8. The minimum atomic E-state index is -5.08. The summed E-state index contributed by atoms with van der Waals surface area (Å²) < 4.78 is 76.8. The first kappa shape index (κ1) is 30.5. The minimum Gasteiger partial charge on any atom is -0.507 e. The average Bonchev–Trinajstić information content (AvgIpc) is 3.37. The number of Topliss-reactive ketones (excluding diaryl/α,β-unsaturated/α-hetero) is 1. The Morgan fingerprint density at radius 2 is 1.71 bits per heavy atom. The summed E-state index contributed by atoms with van der Waals surface area (Å²) in [6.07, 6.45) is -3.98. The number of nitrogens with zero attached hydrogens (tertiary/aromatic N) is 3. The van der Waals surface area contributed by atoms with Crippen molar-refractivity contribution < 1.29 is 51.3 Å². The van der Waals surface area contributed by atoms with Crippen molar-refractivity contribution >= 4 is 17.7 Å². The van der Waals surface area contributed by atoms with Gasteiger partial charge in [0.1, 0.15) is 28.7 Å². The van der Waals surface area contributed by atoms with E-state index in [1.807, 2.05) is 0 Å². The van der Waals surface area contributed by atoms with Crippen LogP contribution in [0, 0.1) is 17.6 Å². The number of aromatic nitrogens is 2. The highest BCUT2D eigenvalue weighted by Crippen LogP contribution is 2.39. The fourth-order valence-electron chi connectivity index (χ4n) is 5.16. The lowest BCUT2D eigenvalue weighted by Gasteiger charge is -2.28. The van der Waals surface area contributed by atoms with Crippen molar-refractivity contribution in [2.45, 2.75) is 44.4 Å². The van der Waals surface area contributed by atoms with Crippen molar-refractivity contribution in [3.63, 3.8) is 0 Å². The number of carbonyl (C=O) groups excluding carboxylic acids is 2. The van der Waals surface area contributed by atoms with Crippen LogP contribution >= 0.6 is 0 Å². The standard InChI is InChI=1S/C28H26F5N3O6/c1-42-23-4-2-3-21(37)24(23)22(38)14-35(13-15-9-17(29)11-18(30)10-15)26(39)20-12-34-36(25(20)28(31,32)33)19-7-5-16(6-8-19)27(40)41/h2-4,9-12,16,19,37H,5-8,13-14H2,1H3,(H,40,41)/t16-,19-. The smallest absolute Gasteiger partial charge is 0.433 e. The number of aromatic hydroxyl groups is 1. The number of hydrogen-bond donors (Lipinski definition) is 2. The molecule has 0 saturated heterocycles. The molecular weight excluding hydrogens is 569 g/mol. The Kier molecular flexibility index (Phi) is 8.83. The lowest BCUT2D eigenvalue weighted by Crippen LogP contribution is -2.37. The maximum Gasteiger partial charge on any atom is 0.433 e. The quantitative estimate of drug-likeness (QED) is 0.257. The second-order valence-electron chi connectivity index (χ2n) is 9.91. The number of hydrogen-bond acceptors (Lipinski definition) is 6. The van der Waals surface area contributed by atoms with Crippen LogP contribution in [0.25, 0.3) is 0 Å². The number of phenolic OH excluding ortho intramolecular Hbond substituents is 1. The van der Waals surface area contributed by atoms with Crippen LogP contribution in [0.5, 0.6) is 11.5 Å². The van der Waals surface area contributed by atoms with Crippen molar-refractivity contribution in [1.82, 2.24) is 14.7 Å². The Morgan fingerprint density at radius 1 is 1.07 bits per heavy atom. The molecule has 1 amide bonds. The predicted octanol–water partition coefficient (Wildman–Crippen LogP) is 5.24. The van der Waals surface area contributed by atoms with Gasteiger partial charge in [0.15, 0.2) is 11.5 Å². The third-order valence-electron chi connectivity index (χ3n) is 7.11. The van der Waals surface area contributed by atoms with Crippen LogP contribution < -0.4 is 4.74 Å². The summed E-state index contributed by atoms with van der Waals surface area (Å²) in [5.74, 6) is -6.56. The van der Waals surface area contributed by atoms with Gasteiger partial charge in [0, 0.05) is 12.6 Å². The zero-order valence-corrected chi connectivity index (χ0v) is 22.2. The number of aliphatic carboxylic acids is 1. The van der Waals surface area contributed by atoms with Gasteiger partial charge in [0.2, 0.25) is 0 Å². The van der Waals surface area contributed by atoms with Crippen molar-refractivity contribution in [2.75, 3.05) is 13.7 Å². The lowest BCUT2D eigenvalue weighted by molar-refractivity contribution is -0.147. The Balaban J connectivity index is 1.73. The molecule has 2 aromatic carbocycles. The molecule has 1 heterocycles. The molecule has 224 valence electrons. The number of carboxylic acid groups (broad SMARTS) is 1. The summed E-state index contributed by atoms with van der Waals surface area (Å²) in [7, 11) is 1.22. The topological polar surface area (TPSA) is 122 Å². The number of benzene rings is 2. The molecule has 4 rings (SSSR count). The van der Waals surface area contributed by atoms with E-state index in [0.717, 1.165) is 12.1 Å². The summed E-state index contributed by atoms with van der Waals surface area (Å²) >= 11 is 0. The maximum atomic E-state index is 14.4. The summed E-state index contributed by atoms with van der Waals surface area (Å²) in [5, 5.41) is 23.3. The van der Waals surface area contributed by atoms with Crippen molar-refractivity contribution in [2.24, 2.45) is 5.92 Å². The number of alkyl halides is 3. The van der Waals surface area contributed by atoms with E-state index in [1.54, 1.807) is 0 Å². The van der Waals surface area contributed by atoms with Crippen LogP contribution in [0.4, 0.5) is 22.0 Å². The second kappa shape index (κ2) is 12.2. The fraction of sp³-hybridized carbons (Fsp3) is 0.357. The first-order valence-corrected chi connectivity index (χ1v) is 12.8. The monoisotopic (exact) mass is 595 g/mol. The molecular formula is C28H26F5N3O6. The Hall–Kier alpha value is -4.49. The molecule has 1 fully saturated rings. The number of ether oxygens (including phenoxy) is 1. The van der Waals surface area contributed by atoms with Crippen molar-refractivity contribution in [3.8, 4) is 11.5 Å². The van der Waals surface area contributed by atoms with E-state index in [9.17, 15) is 46.5 Å². The zero-order valence-electron chi connectivity index (χ0n) is 22.2. The third kappa shape index (κ3) is 6.52. The molecule has 42 heavy (non-hydrogen) atoms. The van der Waals surface area contributed by atoms with Gasteiger partial charge in [-0.2, -0.15) is 18.3 Å².